The van der Waals surface area contributed by atoms with Gasteiger partial charge in [-0.25, -0.2) is 0 Å². The highest BCUT2D eigenvalue weighted by molar-refractivity contribution is 7.98. The molecule has 2 nitrogen and oxygen atoms in total. The lowest BCUT2D eigenvalue weighted by Crippen LogP contribution is -2.52. The Morgan fingerprint density at radius 2 is 1.90 bits per heavy atom. The minimum Gasteiger partial charge on any atom is -0.457 e. The van der Waals surface area contributed by atoms with Crippen LogP contribution in [0.25, 0.3) is 6.08 Å². The summed E-state index contributed by atoms with van der Waals surface area (Å²) in [5.41, 5.74) is 3.64. The molecule has 1 saturated carbocycles. The fourth-order valence-corrected chi connectivity index (χ4v) is 6.83. The van der Waals surface area contributed by atoms with E-state index in [0.717, 1.165) is 29.3 Å². The van der Waals surface area contributed by atoms with Crippen LogP contribution in [0.15, 0.2) is 69.9 Å². The van der Waals surface area contributed by atoms with Gasteiger partial charge in [0.2, 0.25) is 0 Å². The third kappa shape index (κ3) is 3.97. The van der Waals surface area contributed by atoms with Crippen LogP contribution in [0.4, 0.5) is 0 Å². The second-order valence-corrected chi connectivity index (χ2v) is 10.8. The van der Waals surface area contributed by atoms with Gasteiger partial charge in [-0.15, -0.1) is 0 Å². The van der Waals surface area contributed by atoms with Gasteiger partial charge in [-0.05, 0) is 48.3 Å². The summed E-state index contributed by atoms with van der Waals surface area (Å²) in [6, 6.07) is 12.5. The molecule has 4 rings (SSSR count). The number of furan rings is 1. The number of hydrogen-bond acceptors (Lipinski definition) is 3. The Hall–Kier alpha value is -2.00. The predicted octanol–water partition coefficient (Wildman–Crippen LogP) is 7.56. The molecular weight excluding hydrogens is 388 g/mol. The maximum Gasteiger partial charge on any atom is 0.167 e. The van der Waals surface area contributed by atoms with Gasteiger partial charge in [-0.2, -0.15) is 0 Å². The molecule has 2 aliphatic carbocycles. The lowest BCUT2D eigenvalue weighted by Gasteiger charge is -2.55. The molecule has 30 heavy (non-hydrogen) atoms. The number of hydrogen-bond donors (Lipinski definition) is 0. The Kier molecular flexibility index (Phi) is 5.85. The van der Waals surface area contributed by atoms with Gasteiger partial charge in [-0.3, -0.25) is 4.79 Å². The van der Waals surface area contributed by atoms with Crippen molar-refractivity contribution in [1.29, 1.82) is 0 Å². The number of fused-ring (bicyclic) bond motifs is 1. The van der Waals surface area contributed by atoms with Crippen molar-refractivity contribution in [3.05, 3.63) is 71.5 Å². The minimum atomic E-state index is -0.0186. The number of allylic oxidation sites excluding steroid dienone is 3. The molecule has 1 aromatic carbocycles. The second kappa shape index (κ2) is 8.26. The molecule has 0 N–H and O–H groups in total. The molecule has 0 radical (unpaired) electrons. The average molecular weight is 421 g/mol. The van der Waals surface area contributed by atoms with Gasteiger partial charge in [0.1, 0.15) is 0 Å². The number of rotatable bonds is 5. The number of thioether (sulfide) groups is 1. The number of benzene rings is 1. The smallest absolute Gasteiger partial charge is 0.167 e. The summed E-state index contributed by atoms with van der Waals surface area (Å²) in [6.07, 6.45) is 11.6. The van der Waals surface area contributed by atoms with E-state index in [2.05, 4.69) is 64.1 Å². The quantitative estimate of drug-likeness (QED) is 0.467. The van der Waals surface area contributed by atoms with Crippen LogP contribution in [0.1, 0.15) is 58.1 Å². The normalized spacial score (nSPS) is 28.4. The fourth-order valence-electron chi connectivity index (χ4n) is 5.91. The predicted molar refractivity (Wildman–Crippen MR) is 125 cm³/mol. The van der Waals surface area contributed by atoms with Crippen molar-refractivity contribution in [2.45, 2.75) is 57.8 Å². The topological polar surface area (TPSA) is 30.2 Å². The lowest BCUT2D eigenvalue weighted by molar-refractivity contribution is -0.134. The molecule has 0 amide bonds. The highest BCUT2D eigenvalue weighted by Crippen LogP contribution is 2.58. The van der Waals surface area contributed by atoms with E-state index in [0.29, 0.717) is 5.78 Å². The number of carbonyl (C=O) groups excluding carboxylic acids is 1. The molecule has 1 fully saturated rings. The first-order valence-electron chi connectivity index (χ1n) is 11.0. The molecule has 2 aromatic rings. The third-order valence-electron chi connectivity index (χ3n) is 7.17. The highest BCUT2D eigenvalue weighted by atomic mass is 32.2. The van der Waals surface area contributed by atoms with E-state index in [9.17, 15) is 4.79 Å². The van der Waals surface area contributed by atoms with Gasteiger partial charge < -0.3 is 4.42 Å². The molecule has 1 aromatic heterocycles. The van der Waals surface area contributed by atoms with Crippen LogP contribution in [0.3, 0.4) is 0 Å². The van der Waals surface area contributed by atoms with Crippen LogP contribution in [0, 0.1) is 22.7 Å². The Labute approximate surface area is 184 Å². The summed E-state index contributed by atoms with van der Waals surface area (Å²) in [7, 11) is 0. The van der Waals surface area contributed by atoms with Crippen molar-refractivity contribution >= 4 is 23.6 Å². The number of ketones is 1. The summed E-state index contributed by atoms with van der Waals surface area (Å²) in [6.45, 7) is 9.01. The molecule has 158 valence electrons. The van der Waals surface area contributed by atoms with E-state index in [4.69, 9.17) is 4.42 Å². The zero-order valence-electron chi connectivity index (χ0n) is 18.5. The molecule has 0 bridgehead atoms. The number of carbonyl (C=O) groups is 1. The van der Waals surface area contributed by atoms with Crippen LogP contribution < -0.4 is 0 Å². The van der Waals surface area contributed by atoms with Crippen molar-refractivity contribution in [2.24, 2.45) is 22.7 Å². The van der Waals surface area contributed by atoms with E-state index >= 15 is 0 Å². The summed E-state index contributed by atoms with van der Waals surface area (Å²) in [4.78, 5) is 13.0. The van der Waals surface area contributed by atoms with Crippen molar-refractivity contribution < 1.29 is 9.21 Å². The van der Waals surface area contributed by atoms with Gasteiger partial charge in [0.15, 0.2) is 10.9 Å². The maximum absolute atomic E-state index is 13.0. The van der Waals surface area contributed by atoms with Crippen molar-refractivity contribution in [3.63, 3.8) is 0 Å². The molecule has 1 heterocycles. The molecular formula is C27H32O2S. The first kappa shape index (κ1) is 21.2. The van der Waals surface area contributed by atoms with Crippen molar-refractivity contribution in [3.8, 4) is 0 Å². The Bertz CT molecular complexity index is 966. The molecule has 2 aliphatic rings. The van der Waals surface area contributed by atoms with E-state index < -0.39 is 0 Å². The summed E-state index contributed by atoms with van der Waals surface area (Å²) in [5, 5.41) is 0.953. The van der Waals surface area contributed by atoms with Crippen LogP contribution >= 0.6 is 11.8 Å². The van der Waals surface area contributed by atoms with Crippen LogP contribution in [-0.4, -0.2) is 5.78 Å². The van der Waals surface area contributed by atoms with Crippen LogP contribution in [0.5, 0.6) is 0 Å². The largest absolute Gasteiger partial charge is 0.457 e. The molecule has 3 atom stereocenters. The zero-order chi connectivity index (χ0) is 21.4. The van der Waals surface area contributed by atoms with Crippen LogP contribution in [0.2, 0.25) is 0 Å². The molecule has 0 spiro atoms. The Morgan fingerprint density at radius 1 is 1.13 bits per heavy atom. The van der Waals surface area contributed by atoms with Crippen molar-refractivity contribution in [1.82, 2.24) is 0 Å². The standard InChI is InChI=1S/C27H32O2S/c1-19-17-23(28)24-26(2,3)14-8-15-27(24,4)22(19)12-11-21-13-16-29-25(21)30-18-20-9-6-5-7-10-20/h5-7,9-13,16-17,22,24H,8,14-15,18H2,1-4H3/b12-11+/t22-,24-,27+/m0/s1. The van der Waals surface area contributed by atoms with E-state index in [1.54, 1.807) is 18.0 Å². The highest BCUT2D eigenvalue weighted by Gasteiger charge is 2.54. The molecule has 0 unspecified atom stereocenters. The molecule has 0 saturated heterocycles. The maximum atomic E-state index is 13.0. The summed E-state index contributed by atoms with van der Waals surface area (Å²) >= 11 is 1.73. The zero-order valence-corrected chi connectivity index (χ0v) is 19.3. The minimum absolute atomic E-state index is 0.0186. The second-order valence-electron chi connectivity index (χ2n) is 9.85. The van der Waals surface area contributed by atoms with E-state index in [-0.39, 0.29) is 22.7 Å². The van der Waals surface area contributed by atoms with Gasteiger partial charge in [0.05, 0.1) is 6.26 Å². The lowest BCUT2D eigenvalue weighted by atomic mass is 9.48. The first-order valence-corrected chi connectivity index (χ1v) is 11.9. The third-order valence-corrected chi connectivity index (χ3v) is 8.24. The SMILES string of the molecule is CC1=CC(=O)[C@H]2C(C)(C)CCC[C@]2(C)[C@H]1/C=C/c1ccoc1SCc1ccccc1. The monoisotopic (exact) mass is 420 g/mol. The van der Waals surface area contributed by atoms with Gasteiger partial charge >= 0.3 is 0 Å². The molecule has 0 aliphatic heterocycles. The summed E-state index contributed by atoms with van der Waals surface area (Å²) < 4.78 is 5.78. The van der Waals surface area contributed by atoms with Crippen molar-refractivity contribution in [2.75, 3.05) is 0 Å². The van der Waals surface area contributed by atoms with Gasteiger partial charge in [0.25, 0.3) is 0 Å². The van der Waals surface area contributed by atoms with E-state index in [1.807, 2.05) is 18.2 Å². The molecule has 3 heteroatoms. The Balaban J connectivity index is 1.57. The van der Waals surface area contributed by atoms with E-state index in [1.165, 1.54) is 17.6 Å². The van der Waals surface area contributed by atoms with Gasteiger partial charge in [0, 0.05) is 23.2 Å². The van der Waals surface area contributed by atoms with Gasteiger partial charge in [-0.1, -0.05) is 87.0 Å². The van der Waals surface area contributed by atoms with Crippen LogP contribution in [-0.2, 0) is 10.5 Å². The Morgan fingerprint density at radius 3 is 2.67 bits per heavy atom. The first-order chi connectivity index (χ1) is 14.3. The average Bonchev–Trinajstić information content (AvgIpc) is 3.13. The fraction of sp³-hybridized carbons (Fsp3) is 0.444. The summed E-state index contributed by atoms with van der Waals surface area (Å²) in [5.74, 6) is 1.59.